The number of benzene rings is 3. The van der Waals surface area contributed by atoms with E-state index in [0.717, 1.165) is 4.90 Å². The van der Waals surface area contributed by atoms with Crippen LogP contribution < -0.4 is 42.4 Å². The number of anilines is 2. The average molecular weight is 1260 g/mol. The number of carbonyl (C=O) groups is 8. The smallest absolute Gasteiger partial charge is 0.407 e. The topological polar surface area (TPSA) is 368 Å². The second-order valence-electron chi connectivity index (χ2n) is 20.7. The molecule has 0 saturated heterocycles. The van der Waals surface area contributed by atoms with E-state index in [1.54, 1.807) is 74.5 Å². The minimum absolute atomic E-state index is 0.0396. The van der Waals surface area contributed by atoms with Crippen molar-refractivity contribution in [1.82, 2.24) is 46.1 Å². The number of imide groups is 1. The van der Waals surface area contributed by atoms with Crippen LogP contribution in [0.15, 0.2) is 109 Å². The Morgan fingerprint density at radius 2 is 1.44 bits per heavy atom. The number of primary amides is 1. The van der Waals surface area contributed by atoms with Crippen molar-refractivity contribution < 1.29 is 80.7 Å². The number of aromatic amines is 1. The molecule has 6 aromatic rings. The van der Waals surface area contributed by atoms with Crippen molar-refractivity contribution in [3.8, 4) is 28.4 Å². The summed E-state index contributed by atoms with van der Waals surface area (Å²) in [5.41, 5.74) is 8.63. The molecule has 3 aromatic carbocycles. The molecule has 1 aliphatic heterocycles. The third-order valence-electron chi connectivity index (χ3n) is 13.6. The molecule has 0 saturated carbocycles. The molecule has 1 unspecified atom stereocenters. The summed E-state index contributed by atoms with van der Waals surface area (Å²) in [5, 5.41) is 26.6. The lowest BCUT2D eigenvalue weighted by Crippen LogP contribution is -2.54. The van der Waals surface area contributed by atoms with E-state index in [9.17, 15) is 52.2 Å². The number of nitrogens with one attached hydrogen (secondary N) is 7. The summed E-state index contributed by atoms with van der Waals surface area (Å²) in [6.45, 7) is 5.73. The highest BCUT2D eigenvalue weighted by Crippen LogP contribution is 2.33. The van der Waals surface area contributed by atoms with E-state index >= 15 is 0 Å². The van der Waals surface area contributed by atoms with E-state index in [-0.39, 0.29) is 127 Å². The fourth-order valence-corrected chi connectivity index (χ4v) is 8.90. The van der Waals surface area contributed by atoms with Crippen LogP contribution in [0, 0.1) is 5.92 Å². The summed E-state index contributed by atoms with van der Waals surface area (Å²) < 4.78 is 60.7. The van der Waals surface area contributed by atoms with Gasteiger partial charge < -0.3 is 76.1 Å². The van der Waals surface area contributed by atoms with Gasteiger partial charge in [0.25, 0.3) is 18.2 Å². The van der Waals surface area contributed by atoms with Gasteiger partial charge in [-0.15, -0.1) is 0 Å². The van der Waals surface area contributed by atoms with Crippen molar-refractivity contribution in [2.45, 2.75) is 64.8 Å². The molecule has 27 nitrogen and oxygen atoms in total. The third kappa shape index (κ3) is 22.2. The molecule has 10 N–H and O–H groups in total. The molecule has 4 heterocycles. The van der Waals surface area contributed by atoms with Gasteiger partial charge in [0.05, 0.1) is 107 Å². The van der Waals surface area contributed by atoms with Gasteiger partial charge in [-0.3, -0.25) is 33.9 Å². The van der Waals surface area contributed by atoms with E-state index in [1.807, 2.05) is 6.07 Å². The molecule has 8 amide bonds. The molecular weight excluding hydrogens is 1190 g/mol. The number of hydrogen-bond donors (Lipinski definition) is 9. The predicted molar refractivity (Wildman–Crippen MR) is 326 cm³/mol. The number of alkyl halides is 2. The summed E-state index contributed by atoms with van der Waals surface area (Å²) in [5.74, 6) is -3.01. The molecule has 0 bridgehead atoms. The zero-order valence-corrected chi connectivity index (χ0v) is 50.0. The number of nitrogens with two attached hydrogens (primary N) is 1. The van der Waals surface area contributed by atoms with Crippen LogP contribution in [0.5, 0.6) is 5.75 Å². The fraction of sp³-hybridized carbons (Fsp3) is 0.371. The van der Waals surface area contributed by atoms with Crippen LogP contribution in [0.4, 0.5) is 29.7 Å². The number of H-pyrrole nitrogens is 1. The fourth-order valence-electron chi connectivity index (χ4n) is 8.90. The maximum absolute atomic E-state index is 13.8. The SMILES string of the molecule is CC(C)C(NC(=O)CCOCCOCCOCCOCCN1C(=O)C=CC1=O)C(=O)N[C@@H](CCCNC(N)=O)C(=O)Nc1ccc(COC(=O)NCCOc2cnc3ccc(-c4nc(CNc5cccc(C(=O)O)c5)[nH]c4-c4cccc(C(F)F)n4)cc3c2)cc1. The number of carboxylic acid groups (broad SMARTS) is 1. The van der Waals surface area contributed by atoms with Gasteiger partial charge >= 0.3 is 18.1 Å². The second-order valence-corrected chi connectivity index (χ2v) is 20.7. The maximum Gasteiger partial charge on any atom is 0.407 e. The number of aromatic nitrogens is 4. The van der Waals surface area contributed by atoms with Crippen LogP contribution in [-0.4, -0.2) is 169 Å². The first-order chi connectivity index (χ1) is 43.9. The zero-order chi connectivity index (χ0) is 65.1. The van der Waals surface area contributed by atoms with Gasteiger partial charge in [-0.05, 0) is 85.0 Å². The average Bonchev–Trinajstić information content (AvgIpc) is 2.02. The molecule has 29 heteroatoms. The number of pyridine rings is 2. The minimum atomic E-state index is -2.81. The van der Waals surface area contributed by atoms with Crippen molar-refractivity contribution in [2.24, 2.45) is 11.7 Å². The van der Waals surface area contributed by atoms with E-state index in [0.29, 0.717) is 69.6 Å². The maximum atomic E-state index is 13.8. The Labute approximate surface area is 521 Å². The van der Waals surface area contributed by atoms with Crippen LogP contribution in [-0.2, 0) is 60.8 Å². The molecule has 0 fully saturated rings. The Morgan fingerprint density at radius 1 is 0.736 bits per heavy atom. The number of fused-ring (bicyclic) bond motifs is 1. The number of ether oxygens (including phenoxy) is 6. The van der Waals surface area contributed by atoms with E-state index in [4.69, 9.17) is 39.1 Å². The number of hydrogen-bond acceptors (Lipinski definition) is 18. The first kappa shape index (κ1) is 68.5. The quantitative estimate of drug-likeness (QED) is 0.0167. The third-order valence-corrected chi connectivity index (χ3v) is 13.6. The normalized spacial score (nSPS) is 12.7. The van der Waals surface area contributed by atoms with Gasteiger partial charge in [-0.25, -0.2) is 33.1 Å². The lowest BCUT2D eigenvalue weighted by atomic mass is 10.0. The number of rotatable bonds is 38. The van der Waals surface area contributed by atoms with Crippen molar-refractivity contribution in [2.75, 3.05) is 89.7 Å². The summed E-state index contributed by atoms with van der Waals surface area (Å²) in [6, 6.07) is 21.3. The van der Waals surface area contributed by atoms with Crippen molar-refractivity contribution >= 4 is 69.9 Å². The lowest BCUT2D eigenvalue weighted by molar-refractivity contribution is -0.137. The number of carboxylic acids is 1. The van der Waals surface area contributed by atoms with Crippen LogP contribution in [0.2, 0.25) is 0 Å². The standard InChI is InChI=1S/C62H72F2N12O15/c1-38(2)54(75-51(77)19-23-86-26-28-88-30-31-89-29-27-87-25-22-76-52(78)17-18-53(76)79)59(81)72-49(10-5-20-66-61(65)84)58(80)70-43-14-11-39(12-15-43)37-91-62(85)67-21-24-90-45-34-42-32-40(13-16-46(42)69-35-45)55-56(47-8-4-9-48(71-47)57(63)64)74-50(73-55)36-68-44-7-3-6-41(33-44)60(82)83/h3-4,6-9,11-18,32-35,38,49,54,57,68H,5,10,19-31,36-37H2,1-2H3,(H,67,85)(H,70,80)(H,72,81)(H,73,74)(H,75,77)(H,82,83)(H3,65,66,84)/t49-,54?/m0/s1. The van der Waals surface area contributed by atoms with Gasteiger partial charge in [0.2, 0.25) is 17.7 Å². The van der Waals surface area contributed by atoms with E-state index in [1.165, 1.54) is 42.6 Å². The van der Waals surface area contributed by atoms with Crippen molar-refractivity contribution in [3.05, 3.63) is 132 Å². The molecule has 91 heavy (non-hydrogen) atoms. The molecular formula is C62H72F2N12O15. The number of aromatic carboxylic acids is 1. The Bertz CT molecular complexity index is 3480. The first-order valence-corrected chi connectivity index (χ1v) is 29.1. The molecule has 7 rings (SSSR count). The Morgan fingerprint density at radius 3 is 2.13 bits per heavy atom. The Balaban J connectivity index is 0.821. The van der Waals surface area contributed by atoms with Gasteiger partial charge in [0.15, 0.2) is 0 Å². The number of urea groups is 1. The lowest BCUT2D eigenvalue weighted by Gasteiger charge is -2.25. The van der Waals surface area contributed by atoms with Crippen molar-refractivity contribution in [1.29, 1.82) is 0 Å². The Hall–Kier alpha value is -9.97. The first-order valence-electron chi connectivity index (χ1n) is 29.1. The molecule has 0 radical (unpaired) electrons. The minimum Gasteiger partial charge on any atom is -0.490 e. The molecule has 1 aliphatic rings. The van der Waals surface area contributed by atoms with Crippen LogP contribution >= 0.6 is 0 Å². The van der Waals surface area contributed by atoms with Gasteiger partial charge in [-0.1, -0.05) is 44.2 Å². The summed E-state index contributed by atoms with van der Waals surface area (Å²) in [6.07, 6.45) is 0.726. The molecule has 0 aliphatic carbocycles. The number of amides is 8. The molecule has 2 atom stereocenters. The highest BCUT2D eigenvalue weighted by molar-refractivity contribution is 6.12. The predicted octanol–water partition coefficient (Wildman–Crippen LogP) is 5.63. The Kier molecular flexibility index (Phi) is 26.6. The van der Waals surface area contributed by atoms with Crippen molar-refractivity contribution in [3.63, 3.8) is 0 Å². The number of carbonyl (C=O) groups excluding carboxylic acids is 7. The van der Waals surface area contributed by atoms with E-state index in [2.05, 4.69) is 46.9 Å². The van der Waals surface area contributed by atoms with Crippen LogP contribution in [0.25, 0.3) is 33.5 Å². The summed E-state index contributed by atoms with van der Waals surface area (Å²) >= 11 is 0. The van der Waals surface area contributed by atoms with E-state index < -0.39 is 60.0 Å². The number of alkyl carbamates (subject to hydrolysis) is 1. The highest BCUT2D eigenvalue weighted by atomic mass is 19.3. The van der Waals surface area contributed by atoms with Gasteiger partial charge in [-0.2, -0.15) is 0 Å². The van der Waals surface area contributed by atoms with Crippen LogP contribution in [0.3, 0.4) is 0 Å². The largest absolute Gasteiger partial charge is 0.490 e. The molecule has 3 aromatic heterocycles. The zero-order valence-electron chi connectivity index (χ0n) is 50.0. The number of imidazole rings is 1. The summed E-state index contributed by atoms with van der Waals surface area (Å²) in [7, 11) is 0. The summed E-state index contributed by atoms with van der Waals surface area (Å²) in [4.78, 5) is 117. The highest BCUT2D eigenvalue weighted by Gasteiger charge is 2.29. The number of nitrogens with zero attached hydrogens (tertiary/aromatic N) is 4. The second kappa shape index (κ2) is 35.3. The monoisotopic (exact) mass is 1260 g/mol. The van der Waals surface area contributed by atoms with Gasteiger partial charge in [0.1, 0.15) is 42.6 Å². The molecule has 484 valence electrons. The van der Waals surface area contributed by atoms with Crippen LogP contribution in [0.1, 0.15) is 67.0 Å². The number of halogens is 2. The van der Waals surface area contributed by atoms with Gasteiger partial charge in [0, 0.05) is 47.4 Å². The molecule has 0 spiro atoms.